The maximum atomic E-state index is 13.4. The molecule has 5 nitrogen and oxygen atoms in total. The summed E-state index contributed by atoms with van der Waals surface area (Å²) in [6.07, 6.45) is 1.13. The minimum absolute atomic E-state index is 0.0165. The van der Waals surface area contributed by atoms with E-state index in [9.17, 15) is 14.0 Å². The number of halogens is 1. The molecule has 0 saturated carbocycles. The van der Waals surface area contributed by atoms with Crippen LogP contribution in [0.1, 0.15) is 32.8 Å². The molecule has 2 amide bonds. The van der Waals surface area contributed by atoms with Gasteiger partial charge in [-0.25, -0.2) is 4.39 Å². The van der Waals surface area contributed by atoms with Crippen molar-refractivity contribution in [3.05, 3.63) is 59.9 Å². The van der Waals surface area contributed by atoms with E-state index in [2.05, 4.69) is 5.32 Å². The quantitative estimate of drug-likeness (QED) is 0.732. The van der Waals surface area contributed by atoms with Gasteiger partial charge in [-0.05, 0) is 35.2 Å². The number of ether oxygens (including phenoxy) is 1. The summed E-state index contributed by atoms with van der Waals surface area (Å²) in [6.45, 7) is 7.24. The molecule has 2 aromatic rings. The molecule has 1 aliphatic heterocycles. The zero-order chi connectivity index (χ0) is 22.4. The van der Waals surface area contributed by atoms with Gasteiger partial charge in [-0.3, -0.25) is 9.59 Å². The van der Waals surface area contributed by atoms with E-state index in [4.69, 9.17) is 4.74 Å². The molecular formula is C25H31FN2O3. The highest BCUT2D eigenvalue weighted by Crippen LogP contribution is 2.31. The topological polar surface area (TPSA) is 58.6 Å². The van der Waals surface area contributed by atoms with E-state index in [1.165, 1.54) is 12.1 Å². The van der Waals surface area contributed by atoms with Gasteiger partial charge >= 0.3 is 0 Å². The monoisotopic (exact) mass is 426 g/mol. The molecule has 1 saturated heterocycles. The number of carbonyl (C=O) groups excluding carboxylic acids is 2. The average molecular weight is 427 g/mol. The first-order valence-corrected chi connectivity index (χ1v) is 10.9. The number of carbonyl (C=O) groups is 2. The van der Waals surface area contributed by atoms with Crippen LogP contribution < -0.4 is 5.32 Å². The Bertz CT molecular complexity index is 913. The smallest absolute Gasteiger partial charge is 0.254 e. The number of nitrogens with zero attached hydrogens (tertiary/aromatic N) is 1. The molecule has 1 fully saturated rings. The lowest BCUT2D eigenvalue weighted by Crippen LogP contribution is -2.62. The van der Waals surface area contributed by atoms with Crippen LogP contribution in [-0.2, 0) is 20.7 Å². The number of hydrogen-bond acceptors (Lipinski definition) is 3. The Morgan fingerprint density at radius 2 is 1.87 bits per heavy atom. The Morgan fingerprint density at radius 1 is 1.16 bits per heavy atom. The Hall–Kier alpha value is -2.73. The molecule has 0 unspecified atom stereocenters. The molecule has 3 rings (SSSR count). The molecule has 0 spiro atoms. The second-order valence-corrected chi connectivity index (χ2v) is 8.35. The zero-order valence-corrected chi connectivity index (χ0v) is 18.5. The fraction of sp³-hybridized carbons (Fsp3) is 0.440. The van der Waals surface area contributed by atoms with Crippen molar-refractivity contribution >= 4 is 11.8 Å². The summed E-state index contributed by atoms with van der Waals surface area (Å²) in [5, 5.41) is 2.97. The minimum atomic E-state index is -1.17. The molecule has 0 bridgehead atoms. The van der Waals surface area contributed by atoms with Crippen molar-refractivity contribution in [1.29, 1.82) is 0 Å². The summed E-state index contributed by atoms with van der Waals surface area (Å²) in [7, 11) is 0. The molecule has 0 aliphatic carbocycles. The predicted molar refractivity (Wildman–Crippen MR) is 119 cm³/mol. The lowest BCUT2D eigenvalue weighted by molar-refractivity contribution is -0.167. The normalized spacial score (nSPS) is 18.8. The number of nitrogens with one attached hydrogen (secondary N) is 1. The first-order valence-electron chi connectivity index (χ1n) is 10.9. The van der Waals surface area contributed by atoms with Crippen LogP contribution in [0.3, 0.4) is 0 Å². The number of hydrogen-bond donors (Lipinski definition) is 1. The summed E-state index contributed by atoms with van der Waals surface area (Å²) in [5.41, 5.74) is 1.53. The molecular weight excluding hydrogens is 395 g/mol. The average Bonchev–Trinajstić information content (AvgIpc) is 2.78. The van der Waals surface area contributed by atoms with Gasteiger partial charge in [0.1, 0.15) is 5.82 Å². The van der Waals surface area contributed by atoms with Crippen molar-refractivity contribution in [2.75, 3.05) is 26.2 Å². The highest BCUT2D eigenvalue weighted by Gasteiger charge is 2.45. The van der Waals surface area contributed by atoms with Gasteiger partial charge in [0, 0.05) is 25.4 Å². The maximum Gasteiger partial charge on any atom is 0.254 e. The van der Waals surface area contributed by atoms with Crippen molar-refractivity contribution in [1.82, 2.24) is 10.2 Å². The van der Waals surface area contributed by atoms with Gasteiger partial charge in [0.15, 0.2) is 5.60 Å². The molecule has 0 radical (unpaired) electrons. The summed E-state index contributed by atoms with van der Waals surface area (Å²) < 4.78 is 19.6. The summed E-state index contributed by atoms with van der Waals surface area (Å²) >= 11 is 0. The van der Waals surface area contributed by atoms with E-state index in [1.807, 2.05) is 45.0 Å². The third kappa shape index (κ3) is 5.31. The molecule has 0 aromatic heterocycles. The predicted octanol–water partition coefficient (Wildman–Crippen LogP) is 3.82. The number of amides is 2. The van der Waals surface area contributed by atoms with Gasteiger partial charge < -0.3 is 15.0 Å². The number of rotatable bonds is 7. The molecule has 6 heteroatoms. The lowest BCUT2D eigenvalue weighted by atomic mass is 9.87. The van der Waals surface area contributed by atoms with Crippen LogP contribution in [0.25, 0.3) is 11.1 Å². The fourth-order valence-corrected chi connectivity index (χ4v) is 3.95. The van der Waals surface area contributed by atoms with E-state index in [0.29, 0.717) is 26.1 Å². The van der Waals surface area contributed by atoms with E-state index >= 15 is 0 Å². The fourth-order valence-electron chi connectivity index (χ4n) is 3.95. The Morgan fingerprint density at radius 3 is 2.55 bits per heavy atom. The van der Waals surface area contributed by atoms with Crippen LogP contribution >= 0.6 is 0 Å². The zero-order valence-electron chi connectivity index (χ0n) is 18.5. The second kappa shape index (κ2) is 10.1. The molecule has 166 valence electrons. The minimum Gasteiger partial charge on any atom is -0.361 e. The van der Waals surface area contributed by atoms with Gasteiger partial charge in [-0.15, -0.1) is 0 Å². The van der Waals surface area contributed by atoms with Crippen LogP contribution in [-0.4, -0.2) is 48.6 Å². The Kier molecular flexibility index (Phi) is 7.44. The number of morpholine rings is 1. The summed E-state index contributed by atoms with van der Waals surface area (Å²) in [5.74, 6) is -0.636. The third-order valence-electron chi connectivity index (χ3n) is 5.59. The van der Waals surface area contributed by atoms with E-state index in [1.54, 1.807) is 17.0 Å². The van der Waals surface area contributed by atoms with Gasteiger partial charge in [-0.2, -0.15) is 0 Å². The Balaban J connectivity index is 1.97. The van der Waals surface area contributed by atoms with Crippen molar-refractivity contribution in [3.63, 3.8) is 0 Å². The van der Waals surface area contributed by atoms with Crippen molar-refractivity contribution in [3.8, 4) is 11.1 Å². The van der Waals surface area contributed by atoms with Crippen LogP contribution in [0, 0.1) is 11.7 Å². The molecule has 1 aliphatic rings. The van der Waals surface area contributed by atoms with Crippen LogP contribution in [0.15, 0.2) is 48.5 Å². The van der Waals surface area contributed by atoms with Crippen molar-refractivity contribution < 1.29 is 18.7 Å². The van der Waals surface area contributed by atoms with Crippen LogP contribution in [0.5, 0.6) is 0 Å². The second-order valence-electron chi connectivity index (χ2n) is 8.35. The van der Waals surface area contributed by atoms with E-state index in [0.717, 1.165) is 23.1 Å². The largest absolute Gasteiger partial charge is 0.361 e. The molecule has 2 aromatic carbocycles. The van der Waals surface area contributed by atoms with Gasteiger partial charge in [0.25, 0.3) is 5.91 Å². The third-order valence-corrected chi connectivity index (χ3v) is 5.59. The molecule has 31 heavy (non-hydrogen) atoms. The van der Waals surface area contributed by atoms with E-state index in [-0.39, 0.29) is 30.1 Å². The van der Waals surface area contributed by atoms with Crippen LogP contribution in [0.2, 0.25) is 0 Å². The maximum absolute atomic E-state index is 13.4. The van der Waals surface area contributed by atoms with Gasteiger partial charge in [0.2, 0.25) is 5.91 Å². The first kappa shape index (κ1) is 22.9. The SMILES string of the molecule is CCCNC(=O)[C@@]1(Cc2ccccc2-c2ccc(F)cc2)CN(C(=O)C(C)C)CCO1. The highest BCUT2D eigenvalue weighted by atomic mass is 19.1. The van der Waals surface area contributed by atoms with Crippen molar-refractivity contribution in [2.24, 2.45) is 5.92 Å². The number of benzene rings is 2. The van der Waals surface area contributed by atoms with Crippen molar-refractivity contribution in [2.45, 2.75) is 39.2 Å². The molecule has 1 N–H and O–H groups in total. The molecule has 1 atom stereocenters. The standard InChI is InChI=1S/C25H31FN2O3/c1-4-13-27-24(30)25(17-28(14-15-31-25)23(29)18(2)3)16-20-7-5-6-8-22(20)19-9-11-21(26)12-10-19/h5-12,18H,4,13-17H2,1-3H3,(H,27,30)/t25-/m1/s1. The van der Waals surface area contributed by atoms with Crippen LogP contribution in [0.4, 0.5) is 4.39 Å². The van der Waals surface area contributed by atoms with Gasteiger partial charge in [-0.1, -0.05) is 57.2 Å². The first-order chi connectivity index (χ1) is 14.9. The molecule has 1 heterocycles. The van der Waals surface area contributed by atoms with E-state index < -0.39 is 5.60 Å². The van der Waals surface area contributed by atoms with Gasteiger partial charge in [0.05, 0.1) is 13.2 Å². The Labute approximate surface area is 183 Å². The highest BCUT2D eigenvalue weighted by molar-refractivity contribution is 5.88. The lowest BCUT2D eigenvalue weighted by Gasteiger charge is -2.42. The summed E-state index contributed by atoms with van der Waals surface area (Å²) in [6, 6.07) is 14.1. The summed E-state index contributed by atoms with van der Waals surface area (Å²) in [4.78, 5) is 27.7.